The molecule has 0 saturated heterocycles. The van der Waals surface area contributed by atoms with Gasteiger partial charge in [0.1, 0.15) is 19.3 Å². The molecule has 2 radical (unpaired) electrons. The van der Waals surface area contributed by atoms with Gasteiger partial charge in [0.05, 0.1) is 9.79 Å². The Hall–Kier alpha value is -1.35. The Kier molecular flexibility index (Phi) is 2.21. The van der Waals surface area contributed by atoms with Crippen LogP contribution in [0.4, 0.5) is 0 Å². The van der Waals surface area contributed by atoms with Crippen LogP contribution in [0, 0.1) is 6.92 Å². The minimum absolute atomic E-state index is 0.691. The highest BCUT2D eigenvalue weighted by molar-refractivity contribution is 7.99. The van der Waals surface area contributed by atoms with Crippen molar-refractivity contribution in [1.29, 1.82) is 0 Å². The summed E-state index contributed by atoms with van der Waals surface area (Å²) in [6.45, 7) is 2.08. The first-order valence-corrected chi connectivity index (χ1v) is 5.90. The highest BCUT2D eigenvalue weighted by Crippen LogP contribution is 2.45. The quantitative estimate of drug-likeness (QED) is 0.543. The van der Waals surface area contributed by atoms with E-state index in [1.165, 1.54) is 5.56 Å². The summed E-state index contributed by atoms with van der Waals surface area (Å²) < 4.78 is 5.82. The second-order valence-electron chi connectivity index (χ2n) is 3.83. The zero-order valence-electron chi connectivity index (χ0n) is 8.86. The number of aryl methyl sites for hydroxylation is 1. The number of para-hydroxylation sites is 1. The van der Waals surface area contributed by atoms with Crippen LogP contribution in [0.1, 0.15) is 5.56 Å². The Morgan fingerprint density at radius 1 is 1.12 bits per heavy atom. The van der Waals surface area contributed by atoms with Gasteiger partial charge in [0.25, 0.3) is 0 Å². The number of rotatable bonds is 0. The van der Waals surface area contributed by atoms with E-state index in [1.54, 1.807) is 11.8 Å². The summed E-state index contributed by atoms with van der Waals surface area (Å²) in [5.41, 5.74) is 1.93. The summed E-state index contributed by atoms with van der Waals surface area (Å²) in [5, 5.41) is 0. The minimum Gasteiger partial charge on any atom is -0.456 e. The van der Waals surface area contributed by atoms with Gasteiger partial charge in [-0.05, 0) is 30.7 Å². The highest BCUT2D eigenvalue weighted by atomic mass is 32.2. The molecular weight excluding hydrogens is 215 g/mol. The summed E-state index contributed by atoms with van der Waals surface area (Å²) in [6, 6.07) is 12.0. The number of hydrogen-bond acceptors (Lipinski definition) is 2. The van der Waals surface area contributed by atoms with Gasteiger partial charge in [-0.2, -0.15) is 0 Å². The Bertz CT molecular complexity index is 566. The van der Waals surface area contributed by atoms with Crippen molar-refractivity contribution in [2.75, 3.05) is 0 Å². The second kappa shape index (κ2) is 3.60. The minimum atomic E-state index is 0.691. The lowest BCUT2D eigenvalue weighted by atomic mass is 9.95. The molecule has 1 nitrogen and oxygen atoms in total. The van der Waals surface area contributed by atoms with E-state index in [9.17, 15) is 0 Å². The summed E-state index contributed by atoms with van der Waals surface area (Å²) in [7, 11) is 5.89. The Balaban J connectivity index is 2.13. The molecule has 0 unspecified atom stereocenters. The van der Waals surface area contributed by atoms with Crippen molar-refractivity contribution in [3.8, 4) is 11.5 Å². The summed E-state index contributed by atoms with van der Waals surface area (Å²) >= 11 is 1.71. The number of hydrogen-bond donors (Lipinski definition) is 0. The number of ether oxygens (including phenoxy) is 1. The third-order valence-corrected chi connectivity index (χ3v) is 3.62. The van der Waals surface area contributed by atoms with Crippen LogP contribution in [0.25, 0.3) is 0 Å². The van der Waals surface area contributed by atoms with Gasteiger partial charge in [0, 0.05) is 0 Å². The van der Waals surface area contributed by atoms with Crippen LogP contribution < -0.4 is 10.2 Å². The molecule has 1 aliphatic rings. The molecule has 0 atom stereocenters. The van der Waals surface area contributed by atoms with E-state index in [2.05, 4.69) is 13.0 Å². The molecule has 1 heterocycles. The Morgan fingerprint density at radius 3 is 2.88 bits per heavy atom. The topological polar surface area (TPSA) is 9.23 Å². The monoisotopic (exact) mass is 224 g/mol. The van der Waals surface area contributed by atoms with Crippen molar-refractivity contribution in [3.63, 3.8) is 0 Å². The fraction of sp³-hybridized carbons (Fsp3) is 0.0769. The van der Waals surface area contributed by atoms with Crippen molar-refractivity contribution >= 4 is 25.1 Å². The molecule has 0 bridgehead atoms. The Labute approximate surface area is 100 Å². The van der Waals surface area contributed by atoms with E-state index in [-0.39, 0.29) is 0 Å². The zero-order valence-corrected chi connectivity index (χ0v) is 9.67. The van der Waals surface area contributed by atoms with Crippen molar-refractivity contribution in [2.45, 2.75) is 16.7 Å². The van der Waals surface area contributed by atoms with Gasteiger partial charge in [0.15, 0.2) is 0 Å². The maximum Gasteiger partial charge on any atom is 0.141 e. The summed E-state index contributed by atoms with van der Waals surface area (Å²) in [6.07, 6.45) is 0. The van der Waals surface area contributed by atoms with Crippen LogP contribution in [0.5, 0.6) is 11.5 Å². The normalized spacial score (nSPS) is 12.6. The first-order chi connectivity index (χ1) is 7.74. The van der Waals surface area contributed by atoms with Crippen LogP contribution in [-0.2, 0) is 0 Å². The molecule has 0 saturated carbocycles. The third kappa shape index (κ3) is 1.52. The second-order valence-corrected chi connectivity index (χ2v) is 4.91. The van der Waals surface area contributed by atoms with Crippen molar-refractivity contribution in [3.05, 3.63) is 42.0 Å². The molecular formula is C13H9BOS. The largest absolute Gasteiger partial charge is 0.456 e. The predicted octanol–water partition coefficient (Wildman–Crippen LogP) is 3.05. The lowest BCUT2D eigenvalue weighted by molar-refractivity contribution is 0.458. The van der Waals surface area contributed by atoms with Gasteiger partial charge < -0.3 is 4.74 Å². The molecule has 0 fully saturated rings. The van der Waals surface area contributed by atoms with E-state index in [4.69, 9.17) is 12.6 Å². The molecule has 3 rings (SSSR count). The lowest BCUT2D eigenvalue weighted by Gasteiger charge is -2.21. The maximum atomic E-state index is 5.89. The van der Waals surface area contributed by atoms with E-state index >= 15 is 0 Å². The molecule has 0 aliphatic carbocycles. The van der Waals surface area contributed by atoms with Crippen LogP contribution in [0.3, 0.4) is 0 Å². The number of benzene rings is 2. The zero-order chi connectivity index (χ0) is 11.1. The van der Waals surface area contributed by atoms with Crippen LogP contribution in [0.15, 0.2) is 46.2 Å². The van der Waals surface area contributed by atoms with Crippen LogP contribution >= 0.6 is 11.8 Å². The molecule has 16 heavy (non-hydrogen) atoms. The van der Waals surface area contributed by atoms with Gasteiger partial charge in [-0.25, -0.2) is 0 Å². The van der Waals surface area contributed by atoms with E-state index in [0.29, 0.717) is 5.46 Å². The molecule has 3 heteroatoms. The van der Waals surface area contributed by atoms with Crippen LogP contribution in [-0.4, -0.2) is 7.85 Å². The highest BCUT2D eigenvalue weighted by Gasteiger charge is 2.18. The van der Waals surface area contributed by atoms with Gasteiger partial charge in [-0.3, -0.25) is 0 Å². The first-order valence-electron chi connectivity index (χ1n) is 5.09. The SMILES string of the molecule is [B]c1cccc2c1Oc1ccc(C)cc1S2. The fourth-order valence-electron chi connectivity index (χ4n) is 1.73. The van der Waals surface area contributed by atoms with Crippen molar-refractivity contribution in [1.82, 2.24) is 0 Å². The van der Waals surface area contributed by atoms with E-state index in [1.807, 2.05) is 30.3 Å². The molecule has 76 valence electrons. The molecule has 2 aromatic rings. The predicted molar refractivity (Wildman–Crippen MR) is 67.2 cm³/mol. The number of fused-ring (bicyclic) bond motifs is 2. The smallest absolute Gasteiger partial charge is 0.141 e. The van der Waals surface area contributed by atoms with Gasteiger partial charge in [-0.15, -0.1) is 0 Å². The summed E-state index contributed by atoms with van der Waals surface area (Å²) in [4.78, 5) is 2.23. The average Bonchev–Trinajstić information content (AvgIpc) is 2.27. The van der Waals surface area contributed by atoms with Crippen molar-refractivity contribution in [2.24, 2.45) is 0 Å². The third-order valence-electron chi connectivity index (χ3n) is 2.54. The molecule has 0 aromatic heterocycles. The molecule has 0 N–H and O–H groups in total. The standard InChI is InChI=1S/C13H9BOS/c1-8-5-6-10-12(7-8)16-11-4-2-3-9(14)13(11)15-10/h2-7H,1H3. The Morgan fingerprint density at radius 2 is 2.00 bits per heavy atom. The average molecular weight is 224 g/mol. The van der Waals surface area contributed by atoms with Crippen LogP contribution in [0.2, 0.25) is 0 Å². The molecule has 0 amide bonds. The van der Waals surface area contributed by atoms with Gasteiger partial charge >= 0.3 is 0 Å². The maximum absolute atomic E-state index is 5.89. The van der Waals surface area contributed by atoms with Gasteiger partial charge in [-0.1, -0.05) is 35.4 Å². The molecule has 0 spiro atoms. The molecule has 2 aromatic carbocycles. The van der Waals surface area contributed by atoms with Gasteiger partial charge in [0.2, 0.25) is 0 Å². The summed E-state index contributed by atoms with van der Waals surface area (Å²) in [5.74, 6) is 1.67. The molecule has 1 aliphatic heterocycles. The van der Waals surface area contributed by atoms with Crippen molar-refractivity contribution < 1.29 is 4.74 Å². The fourth-order valence-corrected chi connectivity index (χ4v) is 2.82. The lowest BCUT2D eigenvalue weighted by Crippen LogP contribution is -2.09. The first kappa shape index (κ1) is 9.85. The van der Waals surface area contributed by atoms with E-state index < -0.39 is 0 Å². The van der Waals surface area contributed by atoms with E-state index in [0.717, 1.165) is 21.3 Å².